The Labute approximate surface area is 197 Å². The van der Waals surface area contributed by atoms with Crippen molar-refractivity contribution in [3.05, 3.63) is 53.3 Å². The molecule has 2 aliphatic carbocycles. The molecular weight excluding hydrogens is 408 g/mol. The average Bonchev–Trinajstić information content (AvgIpc) is 3.26. The highest BCUT2D eigenvalue weighted by Gasteiger charge is 2.60. The Morgan fingerprint density at radius 2 is 1.91 bits per heavy atom. The predicted octanol–water partition coefficient (Wildman–Crippen LogP) is 5.26. The van der Waals surface area contributed by atoms with Gasteiger partial charge in [-0.25, -0.2) is 4.99 Å². The number of fused-ring (bicyclic) bond motifs is 3. The molecule has 1 unspecified atom stereocenters. The number of methoxy groups -OCH3 is 1. The zero-order valence-corrected chi connectivity index (χ0v) is 19.1. The molecule has 2 heterocycles. The third-order valence-corrected chi connectivity index (χ3v) is 7.44. The van der Waals surface area contributed by atoms with Crippen LogP contribution in [-0.2, 0) is 16.8 Å². The molecule has 5 rings (SSSR count). The van der Waals surface area contributed by atoms with E-state index in [-0.39, 0.29) is 12.8 Å². The SMILES string of the molecule is C.CCC#Cc1cncc(-c2ccc3c(c2)C2(N=C(C)C(N)=N2)C2(CCC(OC)CC2)C3)c1. The summed E-state index contributed by atoms with van der Waals surface area (Å²) in [6.45, 7) is 4.03. The van der Waals surface area contributed by atoms with E-state index < -0.39 is 5.66 Å². The zero-order valence-electron chi connectivity index (χ0n) is 19.1. The number of rotatable bonds is 2. The Morgan fingerprint density at radius 1 is 1.12 bits per heavy atom. The number of benzene rings is 1. The van der Waals surface area contributed by atoms with Crippen molar-refractivity contribution in [1.29, 1.82) is 0 Å². The van der Waals surface area contributed by atoms with Crippen LogP contribution in [0.15, 0.2) is 46.6 Å². The van der Waals surface area contributed by atoms with Crippen molar-refractivity contribution in [3.63, 3.8) is 0 Å². The Balaban J connectivity index is 0.00000259. The van der Waals surface area contributed by atoms with E-state index in [0.717, 1.165) is 60.9 Å². The maximum absolute atomic E-state index is 6.32. The van der Waals surface area contributed by atoms with Crippen molar-refractivity contribution in [3.8, 4) is 23.0 Å². The van der Waals surface area contributed by atoms with Gasteiger partial charge >= 0.3 is 0 Å². The van der Waals surface area contributed by atoms with E-state index >= 15 is 0 Å². The van der Waals surface area contributed by atoms with E-state index in [1.807, 2.05) is 26.4 Å². The van der Waals surface area contributed by atoms with Crippen LogP contribution in [0.3, 0.4) is 0 Å². The van der Waals surface area contributed by atoms with Crippen LogP contribution in [0, 0.1) is 17.3 Å². The molecule has 2 spiro atoms. The molecule has 5 nitrogen and oxygen atoms in total. The summed E-state index contributed by atoms with van der Waals surface area (Å²) in [5, 5.41) is 0. The fourth-order valence-electron chi connectivity index (χ4n) is 5.71. The molecule has 172 valence electrons. The average molecular weight is 443 g/mol. The highest BCUT2D eigenvalue weighted by atomic mass is 16.5. The van der Waals surface area contributed by atoms with Gasteiger partial charge in [0.1, 0.15) is 5.84 Å². The smallest absolute Gasteiger partial charge is 0.184 e. The molecule has 1 fully saturated rings. The molecule has 2 N–H and O–H groups in total. The lowest BCUT2D eigenvalue weighted by Gasteiger charge is -2.44. The first-order valence-electron chi connectivity index (χ1n) is 11.5. The zero-order chi connectivity index (χ0) is 22.3. The normalized spacial score (nSPS) is 27.4. The third-order valence-electron chi connectivity index (χ3n) is 7.44. The van der Waals surface area contributed by atoms with Crippen LogP contribution in [0.4, 0.5) is 0 Å². The molecule has 33 heavy (non-hydrogen) atoms. The second-order valence-corrected chi connectivity index (χ2v) is 9.25. The summed E-state index contributed by atoms with van der Waals surface area (Å²) in [6.07, 6.45) is 9.99. The molecule has 0 amide bonds. The molecule has 1 saturated carbocycles. The van der Waals surface area contributed by atoms with Crippen LogP contribution in [0.5, 0.6) is 0 Å². The quantitative estimate of drug-likeness (QED) is 0.645. The van der Waals surface area contributed by atoms with E-state index in [9.17, 15) is 0 Å². The van der Waals surface area contributed by atoms with Crippen LogP contribution in [0.2, 0.25) is 0 Å². The fourth-order valence-corrected chi connectivity index (χ4v) is 5.71. The number of nitrogens with zero attached hydrogens (tertiary/aromatic N) is 3. The number of aromatic nitrogens is 1. The molecule has 3 aliphatic rings. The van der Waals surface area contributed by atoms with Gasteiger partial charge in [0.2, 0.25) is 0 Å². The molecular formula is C28H34N4O. The van der Waals surface area contributed by atoms with Gasteiger partial charge in [0, 0.05) is 48.0 Å². The van der Waals surface area contributed by atoms with Crippen molar-refractivity contribution < 1.29 is 4.74 Å². The Morgan fingerprint density at radius 3 is 2.58 bits per heavy atom. The molecule has 0 saturated heterocycles. The number of nitrogens with two attached hydrogens (primary N) is 1. The summed E-state index contributed by atoms with van der Waals surface area (Å²) in [6, 6.07) is 8.82. The summed E-state index contributed by atoms with van der Waals surface area (Å²) in [4.78, 5) is 14.7. The number of aliphatic imine (C=N–C) groups is 2. The van der Waals surface area contributed by atoms with Crippen molar-refractivity contribution >= 4 is 11.5 Å². The van der Waals surface area contributed by atoms with E-state index in [2.05, 4.69) is 48.0 Å². The van der Waals surface area contributed by atoms with Gasteiger partial charge in [0.15, 0.2) is 5.66 Å². The van der Waals surface area contributed by atoms with Gasteiger partial charge in [-0.2, -0.15) is 0 Å². The molecule has 0 bridgehead atoms. The van der Waals surface area contributed by atoms with Gasteiger partial charge < -0.3 is 10.5 Å². The standard InChI is InChI=1S/C27H30N4O.CH4/c1-4-5-6-19-13-22(17-29-16-19)20-7-8-21-15-26(11-9-23(32-3)10-12-26)27(24(21)14-20)30-18(2)25(28)31-27;/h7-8,13-14,16-17,23H,4,9-12,15H2,1-3H3,(H2,28,31);1H4. The first-order chi connectivity index (χ1) is 15.5. The van der Waals surface area contributed by atoms with Crippen molar-refractivity contribution in [2.75, 3.05) is 7.11 Å². The minimum absolute atomic E-state index is 0. The van der Waals surface area contributed by atoms with Crippen LogP contribution < -0.4 is 5.73 Å². The summed E-state index contributed by atoms with van der Waals surface area (Å²) in [5.41, 5.74) is 12.1. The van der Waals surface area contributed by atoms with Crippen molar-refractivity contribution in [2.24, 2.45) is 21.1 Å². The van der Waals surface area contributed by atoms with E-state index in [0.29, 0.717) is 11.9 Å². The van der Waals surface area contributed by atoms with Crippen LogP contribution >= 0.6 is 0 Å². The first kappa shape index (κ1) is 23.2. The first-order valence-corrected chi connectivity index (χ1v) is 11.5. The summed E-state index contributed by atoms with van der Waals surface area (Å²) in [5.74, 6) is 6.89. The van der Waals surface area contributed by atoms with Gasteiger partial charge in [-0.1, -0.05) is 38.3 Å². The third kappa shape index (κ3) is 3.67. The van der Waals surface area contributed by atoms with Crippen LogP contribution in [0.1, 0.15) is 70.1 Å². The van der Waals surface area contributed by atoms with Crippen molar-refractivity contribution in [2.45, 2.75) is 71.6 Å². The van der Waals surface area contributed by atoms with Crippen LogP contribution in [-0.4, -0.2) is 29.7 Å². The maximum atomic E-state index is 6.32. The van der Waals surface area contributed by atoms with Gasteiger partial charge in [-0.05, 0) is 62.3 Å². The topological polar surface area (TPSA) is 72.9 Å². The largest absolute Gasteiger partial charge is 0.382 e. The molecule has 1 aliphatic heterocycles. The fraction of sp³-hybridized carbons (Fsp3) is 0.464. The van der Waals surface area contributed by atoms with Gasteiger partial charge in [-0.3, -0.25) is 9.98 Å². The van der Waals surface area contributed by atoms with E-state index in [1.54, 1.807) is 0 Å². The second kappa shape index (κ2) is 8.76. The Kier molecular flexibility index (Phi) is 6.16. The predicted molar refractivity (Wildman–Crippen MR) is 135 cm³/mol. The molecule has 1 aromatic heterocycles. The summed E-state index contributed by atoms with van der Waals surface area (Å²) >= 11 is 0. The summed E-state index contributed by atoms with van der Waals surface area (Å²) < 4.78 is 5.67. The number of pyridine rings is 1. The lowest BCUT2D eigenvalue weighted by Crippen LogP contribution is -2.43. The highest BCUT2D eigenvalue weighted by Crippen LogP contribution is 2.62. The van der Waals surface area contributed by atoms with E-state index in [4.69, 9.17) is 20.5 Å². The van der Waals surface area contributed by atoms with Crippen LogP contribution in [0.25, 0.3) is 11.1 Å². The number of hydrogen-bond acceptors (Lipinski definition) is 5. The maximum Gasteiger partial charge on any atom is 0.184 e. The number of amidine groups is 1. The number of ether oxygens (including phenoxy) is 1. The van der Waals surface area contributed by atoms with E-state index in [1.165, 1.54) is 11.1 Å². The number of hydrogen-bond donors (Lipinski definition) is 1. The lowest BCUT2D eigenvalue weighted by molar-refractivity contribution is -0.000372. The Bertz CT molecular complexity index is 1160. The Hall–Kier alpha value is -2.97. The minimum Gasteiger partial charge on any atom is -0.382 e. The van der Waals surface area contributed by atoms with Gasteiger partial charge in [0.05, 0.1) is 11.8 Å². The molecule has 2 aromatic rings. The summed E-state index contributed by atoms with van der Waals surface area (Å²) in [7, 11) is 1.81. The molecule has 5 heteroatoms. The second-order valence-electron chi connectivity index (χ2n) is 9.25. The molecule has 0 radical (unpaired) electrons. The van der Waals surface area contributed by atoms with Crippen molar-refractivity contribution in [1.82, 2.24) is 4.98 Å². The molecule has 1 aromatic carbocycles. The van der Waals surface area contributed by atoms with Gasteiger partial charge in [-0.15, -0.1) is 0 Å². The lowest BCUT2D eigenvalue weighted by atomic mass is 9.65. The monoisotopic (exact) mass is 442 g/mol. The minimum atomic E-state index is -0.627. The van der Waals surface area contributed by atoms with Gasteiger partial charge in [0.25, 0.3) is 0 Å². The molecule has 1 atom stereocenters. The highest BCUT2D eigenvalue weighted by molar-refractivity contribution is 6.41.